The summed E-state index contributed by atoms with van der Waals surface area (Å²) in [5.41, 5.74) is 2.26. The van der Waals surface area contributed by atoms with Crippen molar-refractivity contribution >= 4 is 11.0 Å². The molecular weight excluding hydrogens is 174 g/mol. The Hall–Kier alpha value is -1.28. The zero-order valence-electron chi connectivity index (χ0n) is 8.79. The molecule has 0 spiro atoms. The summed E-state index contributed by atoms with van der Waals surface area (Å²) in [6, 6.07) is 8.77. The molecule has 0 aliphatic heterocycles. The largest absolute Gasteiger partial charge is 0.461 e. The zero-order valence-corrected chi connectivity index (χ0v) is 8.79. The second-order valence-electron chi connectivity index (χ2n) is 3.66. The Bertz CT molecular complexity index is 445. The monoisotopic (exact) mass is 189 g/mol. The standard InChI is InChI=1S/C12H15NO/c1-8-6-11-7-10(9(2)13-3)4-5-12(11)14-8/h4-7,9,13H,1-3H3. The van der Waals surface area contributed by atoms with E-state index >= 15 is 0 Å². The van der Waals surface area contributed by atoms with Gasteiger partial charge in [-0.2, -0.15) is 0 Å². The highest BCUT2D eigenvalue weighted by atomic mass is 16.3. The van der Waals surface area contributed by atoms with Gasteiger partial charge < -0.3 is 9.73 Å². The minimum atomic E-state index is 0.384. The fraction of sp³-hybridized carbons (Fsp3) is 0.333. The van der Waals surface area contributed by atoms with Crippen LogP contribution in [-0.2, 0) is 0 Å². The molecule has 0 aliphatic carbocycles. The molecule has 1 heterocycles. The van der Waals surface area contributed by atoms with E-state index in [-0.39, 0.29) is 0 Å². The van der Waals surface area contributed by atoms with Gasteiger partial charge in [-0.25, -0.2) is 0 Å². The van der Waals surface area contributed by atoms with Crippen LogP contribution in [0.1, 0.15) is 24.3 Å². The smallest absolute Gasteiger partial charge is 0.134 e. The third-order valence-electron chi connectivity index (χ3n) is 2.60. The van der Waals surface area contributed by atoms with Gasteiger partial charge in [0.25, 0.3) is 0 Å². The first-order chi connectivity index (χ1) is 6.70. The molecule has 1 N–H and O–H groups in total. The van der Waals surface area contributed by atoms with Gasteiger partial charge in [-0.1, -0.05) is 6.07 Å². The average Bonchev–Trinajstić information content (AvgIpc) is 2.55. The van der Waals surface area contributed by atoms with Gasteiger partial charge in [0.2, 0.25) is 0 Å². The number of benzene rings is 1. The molecule has 2 nitrogen and oxygen atoms in total. The summed E-state index contributed by atoms with van der Waals surface area (Å²) in [5, 5.41) is 4.40. The second kappa shape index (κ2) is 3.46. The van der Waals surface area contributed by atoms with Gasteiger partial charge in [0, 0.05) is 11.4 Å². The SMILES string of the molecule is CNC(C)c1ccc2oc(C)cc2c1. The number of rotatable bonds is 2. The maximum Gasteiger partial charge on any atom is 0.134 e. The minimum absolute atomic E-state index is 0.384. The van der Waals surface area contributed by atoms with Crippen molar-refractivity contribution in [2.45, 2.75) is 19.9 Å². The highest BCUT2D eigenvalue weighted by Gasteiger charge is 2.05. The van der Waals surface area contributed by atoms with Gasteiger partial charge in [0.1, 0.15) is 11.3 Å². The lowest BCUT2D eigenvalue weighted by Crippen LogP contribution is -2.11. The number of aryl methyl sites for hydroxylation is 1. The van der Waals surface area contributed by atoms with Crippen molar-refractivity contribution in [2.75, 3.05) is 7.05 Å². The first kappa shape index (κ1) is 9.28. The van der Waals surface area contributed by atoms with E-state index < -0.39 is 0 Å². The van der Waals surface area contributed by atoms with Crippen molar-refractivity contribution in [3.05, 3.63) is 35.6 Å². The average molecular weight is 189 g/mol. The maximum absolute atomic E-state index is 5.52. The molecule has 1 atom stereocenters. The third-order valence-corrected chi connectivity index (χ3v) is 2.60. The van der Waals surface area contributed by atoms with Gasteiger partial charge in [-0.05, 0) is 44.7 Å². The number of hydrogen-bond donors (Lipinski definition) is 1. The van der Waals surface area contributed by atoms with Crippen LogP contribution < -0.4 is 5.32 Å². The van der Waals surface area contributed by atoms with Crippen molar-refractivity contribution in [3.8, 4) is 0 Å². The van der Waals surface area contributed by atoms with Gasteiger partial charge in [0.05, 0.1) is 0 Å². The molecule has 0 bridgehead atoms. The van der Waals surface area contributed by atoms with Gasteiger partial charge in [-0.15, -0.1) is 0 Å². The lowest BCUT2D eigenvalue weighted by atomic mass is 10.1. The van der Waals surface area contributed by atoms with E-state index in [0.29, 0.717) is 6.04 Å². The number of fused-ring (bicyclic) bond motifs is 1. The summed E-state index contributed by atoms with van der Waals surface area (Å²) >= 11 is 0. The Balaban J connectivity index is 2.50. The van der Waals surface area contributed by atoms with Crippen molar-refractivity contribution in [3.63, 3.8) is 0 Å². The number of furan rings is 1. The minimum Gasteiger partial charge on any atom is -0.461 e. The molecule has 1 aromatic carbocycles. The third kappa shape index (κ3) is 1.53. The highest BCUT2D eigenvalue weighted by molar-refractivity contribution is 5.78. The van der Waals surface area contributed by atoms with Crippen LogP contribution >= 0.6 is 0 Å². The van der Waals surface area contributed by atoms with Crippen molar-refractivity contribution in [1.29, 1.82) is 0 Å². The summed E-state index contributed by atoms with van der Waals surface area (Å²) in [4.78, 5) is 0. The van der Waals surface area contributed by atoms with E-state index in [1.807, 2.05) is 20.0 Å². The summed E-state index contributed by atoms with van der Waals surface area (Å²) in [5.74, 6) is 0.967. The van der Waals surface area contributed by atoms with Crippen LogP contribution in [0.2, 0.25) is 0 Å². The van der Waals surface area contributed by atoms with Crippen molar-refractivity contribution in [1.82, 2.24) is 5.32 Å². The van der Waals surface area contributed by atoms with Gasteiger partial charge in [-0.3, -0.25) is 0 Å². The van der Waals surface area contributed by atoms with E-state index in [0.717, 1.165) is 11.3 Å². The van der Waals surface area contributed by atoms with Crippen LogP contribution in [0.4, 0.5) is 0 Å². The first-order valence-corrected chi connectivity index (χ1v) is 4.88. The zero-order chi connectivity index (χ0) is 10.1. The molecule has 2 heteroatoms. The Morgan fingerprint density at radius 1 is 1.29 bits per heavy atom. The summed E-state index contributed by atoms with van der Waals surface area (Å²) in [6.07, 6.45) is 0. The molecule has 1 aromatic heterocycles. The fourth-order valence-electron chi connectivity index (χ4n) is 1.63. The van der Waals surface area contributed by atoms with Crippen LogP contribution in [-0.4, -0.2) is 7.05 Å². The molecule has 0 aliphatic rings. The number of hydrogen-bond acceptors (Lipinski definition) is 2. The molecule has 0 saturated heterocycles. The topological polar surface area (TPSA) is 25.2 Å². The normalized spacial score (nSPS) is 13.4. The summed E-state index contributed by atoms with van der Waals surface area (Å²) in [6.45, 7) is 4.12. The molecular formula is C12H15NO. The number of nitrogens with one attached hydrogen (secondary N) is 1. The fourth-order valence-corrected chi connectivity index (χ4v) is 1.63. The maximum atomic E-state index is 5.52. The molecule has 0 saturated carbocycles. The van der Waals surface area contributed by atoms with Crippen molar-refractivity contribution < 1.29 is 4.42 Å². The Kier molecular flexibility index (Phi) is 2.30. The summed E-state index contributed by atoms with van der Waals surface area (Å²) < 4.78 is 5.52. The van der Waals surface area contributed by atoms with Gasteiger partial charge in [0.15, 0.2) is 0 Å². The van der Waals surface area contributed by atoms with Crippen LogP contribution in [0.25, 0.3) is 11.0 Å². The van der Waals surface area contributed by atoms with E-state index in [4.69, 9.17) is 4.42 Å². The summed E-state index contributed by atoms with van der Waals surface area (Å²) in [7, 11) is 1.97. The quantitative estimate of drug-likeness (QED) is 0.785. The van der Waals surface area contributed by atoms with Crippen LogP contribution in [0.15, 0.2) is 28.7 Å². The van der Waals surface area contributed by atoms with Crippen LogP contribution in [0, 0.1) is 6.92 Å². The first-order valence-electron chi connectivity index (χ1n) is 4.88. The molecule has 14 heavy (non-hydrogen) atoms. The second-order valence-corrected chi connectivity index (χ2v) is 3.66. The van der Waals surface area contributed by atoms with E-state index in [2.05, 4.69) is 30.4 Å². The molecule has 0 amide bonds. The van der Waals surface area contributed by atoms with E-state index in [1.165, 1.54) is 10.9 Å². The van der Waals surface area contributed by atoms with E-state index in [1.54, 1.807) is 0 Å². The van der Waals surface area contributed by atoms with Gasteiger partial charge >= 0.3 is 0 Å². The van der Waals surface area contributed by atoms with Crippen LogP contribution in [0.3, 0.4) is 0 Å². The molecule has 0 fully saturated rings. The van der Waals surface area contributed by atoms with E-state index in [9.17, 15) is 0 Å². The predicted octanol–water partition coefficient (Wildman–Crippen LogP) is 3.02. The van der Waals surface area contributed by atoms with Crippen LogP contribution in [0.5, 0.6) is 0 Å². The molecule has 0 radical (unpaired) electrons. The molecule has 1 unspecified atom stereocenters. The predicted molar refractivity (Wildman–Crippen MR) is 58.4 cm³/mol. The molecule has 2 aromatic rings. The molecule has 2 rings (SSSR count). The Morgan fingerprint density at radius 3 is 2.79 bits per heavy atom. The Morgan fingerprint density at radius 2 is 2.07 bits per heavy atom. The van der Waals surface area contributed by atoms with Crippen molar-refractivity contribution in [2.24, 2.45) is 0 Å². The lowest BCUT2D eigenvalue weighted by molar-refractivity contribution is 0.578. The molecule has 74 valence electrons. The lowest BCUT2D eigenvalue weighted by Gasteiger charge is -2.09. The highest BCUT2D eigenvalue weighted by Crippen LogP contribution is 2.22. The Labute approximate surface area is 83.9 Å².